The largest absolute Gasteiger partial charge is 0.365 e. The first-order chi connectivity index (χ1) is 16.3. The summed E-state index contributed by atoms with van der Waals surface area (Å²) in [5, 5.41) is 3.27. The number of nitrogens with zero attached hydrogens (tertiary/aromatic N) is 1. The second-order valence-electron chi connectivity index (χ2n) is 8.17. The minimum Gasteiger partial charge on any atom is -0.365 e. The van der Waals surface area contributed by atoms with Crippen LogP contribution in [0.3, 0.4) is 0 Å². The predicted octanol–water partition coefficient (Wildman–Crippen LogP) is 4.19. The zero-order valence-electron chi connectivity index (χ0n) is 18.9. The average molecular weight is 498 g/mol. The van der Waals surface area contributed by atoms with Gasteiger partial charge in [-0.15, -0.1) is 11.3 Å². The first-order valence-electron chi connectivity index (χ1n) is 11.2. The van der Waals surface area contributed by atoms with Gasteiger partial charge in [-0.1, -0.05) is 37.3 Å². The standard InChI is InChI=1S/C25H27N3O4S2/c1-2-28(16-17-8-4-3-5-9-17)34(31,32)19-14-12-18(13-15-19)24(30)27-25-22(23(26)29)20-10-6-7-11-21(20)33-25/h3-5,8-9,12-15H,2,6-7,10-11,16H2,1H3,(H2,26,29)(H,27,30). The zero-order valence-corrected chi connectivity index (χ0v) is 20.5. The van der Waals surface area contributed by atoms with Gasteiger partial charge in [0.05, 0.1) is 10.5 Å². The van der Waals surface area contributed by atoms with Crippen molar-refractivity contribution in [3.63, 3.8) is 0 Å². The molecule has 0 aliphatic heterocycles. The third kappa shape index (κ3) is 4.91. The molecule has 178 valence electrons. The maximum absolute atomic E-state index is 13.1. The molecule has 0 radical (unpaired) electrons. The molecule has 0 saturated carbocycles. The smallest absolute Gasteiger partial charge is 0.256 e. The van der Waals surface area contributed by atoms with Gasteiger partial charge in [-0.25, -0.2) is 8.42 Å². The number of amides is 2. The highest BCUT2D eigenvalue weighted by Gasteiger charge is 2.26. The number of carbonyl (C=O) groups is 2. The fourth-order valence-corrected chi connectivity index (χ4v) is 6.90. The van der Waals surface area contributed by atoms with Crippen LogP contribution in [0.25, 0.3) is 0 Å². The maximum Gasteiger partial charge on any atom is 0.256 e. The molecule has 7 nitrogen and oxygen atoms in total. The lowest BCUT2D eigenvalue weighted by Crippen LogP contribution is -2.30. The second kappa shape index (κ2) is 10.1. The Labute approximate surface area is 203 Å². The van der Waals surface area contributed by atoms with Crippen molar-refractivity contribution in [3.05, 3.63) is 81.7 Å². The summed E-state index contributed by atoms with van der Waals surface area (Å²) in [4.78, 5) is 26.1. The van der Waals surface area contributed by atoms with Crippen molar-refractivity contribution >= 4 is 38.2 Å². The Balaban J connectivity index is 1.53. The number of primary amides is 1. The molecule has 0 bridgehead atoms. The van der Waals surface area contributed by atoms with E-state index in [0.717, 1.165) is 41.7 Å². The summed E-state index contributed by atoms with van der Waals surface area (Å²) in [7, 11) is -3.73. The Bertz CT molecular complexity index is 1300. The Morgan fingerprint density at radius 1 is 1.03 bits per heavy atom. The van der Waals surface area contributed by atoms with Crippen molar-refractivity contribution < 1.29 is 18.0 Å². The molecule has 4 rings (SSSR count). The van der Waals surface area contributed by atoms with Gasteiger partial charge in [-0.3, -0.25) is 9.59 Å². The van der Waals surface area contributed by atoms with Crippen LogP contribution in [0, 0.1) is 0 Å². The Kier molecular flexibility index (Phi) is 7.16. The molecule has 3 N–H and O–H groups in total. The summed E-state index contributed by atoms with van der Waals surface area (Å²) in [5.41, 5.74) is 8.14. The highest BCUT2D eigenvalue weighted by Crippen LogP contribution is 2.38. The van der Waals surface area contributed by atoms with Gasteiger partial charge < -0.3 is 11.1 Å². The lowest BCUT2D eigenvalue weighted by Gasteiger charge is -2.20. The molecule has 0 unspecified atom stereocenters. The van der Waals surface area contributed by atoms with Crippen molar-refractivity contribution in [2.75, 3.05) is 11.9 Å². The van der Waals surface area contributed by atoms with Crippen LogP contribution in [-0.2, 0) is 29.4 Å². The van der Waals surface area contributed by atoms with Crippen LogP contribution >= 0.6 is 11.3 Å². The number of hydrogen-bond acceptors (Lipinski definition) is 5. The molecule has 0 atom stereocenters. The summed E-state index contributed by atoms with van der Waals surface area (Å²) in [5.74, 6) is -0.962. The van der Waals surface area contributed by atoms with Gasteiger partial charge in [0.1, 0.15) is 5.00 Å². The number of sulfonamides is 1. The average Bonchev–Trinajstić information content (AvgIpc) is 3.21. The first-order valence-corrected chi connectivity index (χ1v) is 13.5. The summed E-state index contributed by atoms with van der Waals surface area (Å²) in [6, 6.07) is 15.2. The first kappa shape index (κ1) is 24.1. The summed E-state index contributed by atoms with van der Waals surface area (Å²) in [6.45, 7) is 2.37. The van der Waals surface area contributed by atoms with Gasteiger partial charge in [-0.2, -0.15) is 4.31 Å². The van der Waals surface area contributed by atoms with E-state index in [2.05, 4.69) is 5.32 Å². The predicted molar refractivity (Wildman–Crippen MR) is 134 cm³/mol. The van der Waals surface area contributed by atoms with Crippen LogP contribution in [0.1, 0.15) is 56.5 Å². The lowest BCUT2D eigenvalue weighted by atomic mass is 9.95. The van der Waals surface area contributed by atoms with E-state index in [9.17, 15) is 18.0 Å². The number of carbonyl (C=O) groups excluding carboxylic acids is 2. The summed E-state index contributed by atoms with van der Waals surface area (Å²) in [6.07, 6.45) is 3.70. The molecule has 0 fully saturated rings. The Morgan fingerprint density at radius 3 is 2.35 bits per heavy atom. The molecule has 34 heavy (non-hydrogen) atoms. The lowest BCUT2D eigenvalue weighted by molar-refractivity contribution is 0.100. The number of benzene rings is 2. The Hall–Kier alpha value is -3.01. The second-order valence-corrected chi connectivity index (χ2v) is 11.2. The van der Waals surface area contributed by atoms with Crippen molar-refractivity contribution in [2.24, 2.45) is 5.73 Å². The molecule has 9 heteroatoms. The zero-order chi connectivity index (χ0) is 24.3. The molecule has 1 aliphatic rings. The molecular weight excluding hydrogens is 470 g/mol. The van der Waals surface area contributed by atoms with E-state index in [1.807, 2.05) is 30.3 Å². The number of anilines is 1. The van der Waals surface area contributed by atoms with Crippen LogP contribution in [0.2, 0.25) is 0 Å². The topological polar surface area (TPSA) is 110 Å². The van der Waals surface area contributed by atoms with E-state index in [4.69, 9.17) is 5.73 Å². The highest BCUT2D eigenvalue weighted by molar-refractivity contribution is 7.89. The minimum absolute atomic E-state index is 0.117. The van der Waals surface area contributed by atoms with Gasteiger partial charge in [0, 0.05) is 23.5 Å². The van der Waals surface area contributed by atoms with Gasteiger partial charge in [-0.05, 0) is 61.1 Å². The van der Waals surface area contributed by atoms with Crippen LogP contribution in [-0.4, -0.2) is 31.1 Å². The van der Waals surface area contributed by atoms with E-state index in [1.54, 1.807) is 6.92 Å². The van der Waals surface area contributed by atoms with Gasteiger partial charge >= 0.3 is 0 Å². The number of fused-ring (bicyclic) bond motifs is 1. The third-order valence-electron chi connectivity index (χ3n) is 5.95. The van der Waals surface area contributed by atoms with Crippen LogP contribution < -0.4 is 11.1 Å². The van der Waals surface area contributed by atoms with Crippen LogP contribution in [0.5, 0.6) is 0 Å². The number of rotatable bonds is 8. The fourth-order valence-electron chi connectivity index (χ4n) is 4.17. The molecule has 0 spiro atoms. The SMILES string of the molecule is CCN(Cc1ccccc1)S(=O)(=O)c1ccc(C(=O)Nc2sc3c(c2C(N)=O)CCCC3)cc1. The van der Waals surface area contributed by atoms with E-state index < -0.39 is 21.8 Å². The van der Waals surface area contributed by atoms with Crippen molar-refractivity contribution in [3.8, 4) is 0 Å². The van der Waals surface area contributed by atoms with Gasteiger partial charge in [0.2, 0.25) is 10.0 Å². The summed E-state index contributed by atoms with van der Waals surface area (Å²) < 4.78 is 27.7. The maximum atomic E-state index is 13.1. The van der Waals surface area contributed by atoms with Crippen LogP contribution in [0.15, 0.2) is 59.5 Å². The number of thiophene rings is 1. The molecule has 1 aliphatic carbocycles. The summed E-state index contributed by atoms with van der Waals surface area (Å²) >= 11 is 1.39. The van der Waals surface area contributed by atoms with E-state index in [0.29, 0.717) is 22.7 Å². The van der Waals surface area contributed by atoms with E-state index >= 15 is 0 Å². The van der Waals surface area contributed by atoms with Crippen molar-refractivity contribution in [1.29, 1.82) is 0 Å². The number of hydrogen-bond donors (Lipinski definition) is 2. The van der Waals surface area contributed by atoms with Gasteiger partial charge in [0.25, 0.3) is 11.8 Å². The highest BCUT2D eigenvalue weighted by atomic mass is 32.2. The number of aryl methyl sites for hydroxylation is 1. The molecule has 1 aromatic heterocycles. The van der Waals surface area contributed by atoms with E-state index in [1.165, 1.54) is 39.9 Å². The number of nitrogens with two attached hydrogens (primary N) is 1. The molecule has 3 aromatic rings. The molecule has 2 aromatic carbocycles. The quantitative estimate of drug-likeness (QED) is 0.486. The minimum atomic E-state index is -3.73. The molecule has 1 heterocycles. The van der Waals surface area contributed by atoms with Crippen LogP contribution in [0.4, 0.5) is 5.00 Å². The monoisotopic (exact) mass is 497 g/mol. The van der Waals surface area contributed by atoms with Gasteiger partial charge in [0.15, 0.2) is 0 Å². The third-order valence-corrected chi connectivity index (χ3v) is 9.10. The molecule has 2 amide bonds. The van der Waals surface area contributed by atoms with Crippen molar-refractivity contribution in [2.45, 2.75) is 44.0 Å². The number of nitrogens with one attached hydrogen (secondary N) is 1. The fraction of sp³-hybridized carbons (Fsp3) is 0.280. The Morgan fingerprint density at radius 2 is 1.71 bits per heavy atom. The molecular formula is C25H27N3O4S2. The normalized spacial score (nSPS) is 13.5. The van der Waals surface area contributed by atoms with E-state index in [-0.39, 0.29) is 11.4 Å². The van der Waals surface area contributed by atoms with Crippen molar-refractivity contribution in [1.82, 2.24) is 4.31 Å². The molecule has 0 saturated heterocycles.